The van der Waals surface area contributed by atoms with E-state index in [0.29, 0.717) is 6.42 Å². The van der Waals surface area contributed by atoms with Gasteiger partial charge in [-0.2, -0.15) is 0 Å². The van der Waals surface area contributed by atoms with E-state index in [4.69, 9.17) is 17.4 Å². The molecule has 1 aromatic rings. The van der Waals surface area contributed by atoms with Crippen molar-refractivity contribution in [2.45, 2.75) is 32.2 Å². The number of halogens is 1. The van der Waals surface area contributed by atoms with E-state index in [1.165, 1.54) is 5.56 Å². The highest BCUT2D eigenvalue weighted by molar-refractivity contribution is 6.30. The van der Waals surface area contributed by atoms with Gasteiger partial charge in [0.05, 0.1) is 0 Å². The van der Waals surface area contributed by atoms with Crippen LogP contribution in [-0.4, -0.2) is 24.4 Å². The molecule has 0 atom stereocenters. The summed E-state index contributed by atoms with van der Waals surface area (Å²) in [6.07, 6.45) is 3.52. The van der Waals surface area contributed by atoms with E-state index in [0.717, 1.165) is 37.4 Å². The van der Waals surface area contributed by atoms with Gasteiger partial charge in [-0.1, -0.05) is 30.2 Å². The zero-order valence-electron chi connectivity index (χ0n) is 11.4. The first-order valence-electron chi connectivity index (χ1n) is 6.54. The van der Waals surface area contributed by atoms with Crippen molar-refractivity contribution in [3.63, 3.8) is 0 Å². The summed E-state index contributed by atoms with van der Waals surface area (Å²) < 4.78 is 0. The van der Waals surface area contributed by atoms with Crippen LogP contribution in [0.4, 0.5) is 0 Å². The standard InChI is InChI=1S/C14H22ClN3O/c1-18(10-4-2-3-5-14(19)17-16)11-12-6-8-13(15)9-7-12/h6-9H,2-5,10-11,16H2,1H3,(H,17,19). The molecule has 19 heavy (non-hydrogen) atoms. The normalized spacial score (nSPS) is 10.7. The number of nitrogens with two attached hydrogens (primary N) is 1. The van der Waals surface area contributed by atoms with Crippen molar-refractivity contribution in [1.82, 2.24) is 10.3 Å². The first-order valence-corrected chi connectivity index (χ1v) is 6.92. The van der Waals surface area contributed by atoms with Crippen LogP contribution in [0.25, 0.3) is 0 Å². The fourth-order valence-electron chi connectivity index (χ4n) is 1.90. The number of unbranched alkanes of at least 4 members (excludes halogenated alkanes) is 2. The van der Waals surface area contributed by atoms with Gasteiger partial charge in [-0.3, -0.25) is 10.2 Å². The topological polar surface area (TPSA) is 58.4 Å². The Kier molecular flexibility index (Phi) is 7.48. The Labute approximate surface area is 119 Å². The van der Waals surface area contributed by atoms with Crippen molar-refractivity contribution in [3.05, 3.63) is 34.9 Å². The van der Waals surface area contributed by atoms with Gasteiger partial charge < -0.3 is 4.90 Å². The van der Waals surface area contributed by atoms with Gasteiger partial charge in [-0.05, 0) is 44.1 Å². The molecule has 0 unspecified atom stereocenters. The molecular formula is C14H22ClN3O. The fraction of sp³-hybridized carbons (Fsp3) is 0.500. The third-order valence-corrected chi connectivity index (χ3v) is 3.22. The molecule has 0 saturated heterocycles. The van der Waals surface area contributed by atoms with E-state index in [9.17, 15) is 4.79 Å². The molecule has 1 amide bonds. The second-order valence-corrected chi connectivity index (χ2v) is 5.18. The number of hydrogen-bond acceptors (Lipinski definition) is 3. The van der Waals surface area contributed by atoms with Crippen molar-refractivity contribution in [3.8, 4) is 0 Å². The lowest BCUT2D eigenvalue weighted by Gasteiger charge is -2.16. The summed E-state index contributed by atoms with van der Waals surface area (Å²) in [6, 6.07) is 7.92. The van der Waals surface area contributed by atoms with E-state index < -0.39 is 0 Å². The van der Waals surface area contributed by atoms with Gasteiger partial charge >= 0.3 is 0 Å². The second kappa shape index (κ2) is 8.91. The molecule has 0 aliphatic carbocycles. The number of benzene rings is 1. The Morgan fingerprint density at radius 2 is 1.95 bits per heavy atom. The second-order valence-electron chi connectivity index (χ2n) is 4.74. The summed E-state index contributed by atoms with van der Waals surface area (Å²) in [5.74, 6) is 4.93. The van der Waals surface area contributed by atoms with Crippen molar-refractivity contribution in [2.75, 3.05) is 13.6 Å². The van der Waals surface area contributed by atoms with Crippen molar-refractivity contribution in [1.29, 1.82) is 0 Å². The monoisotopic (exact) mass is 283 g/mol. The minimum absolute atomic E-state index is 0.0884. The lowest BCUT2D eigenvalue weighted by Crippen LogP contribution is -2.29. The summed E-state index contributed by atoms with van der Waals surface area (Å²) in [5, 5.41) is 0.768. The molecule has 0 aliphatic rings. The molecule has 0 radical (unpaired) electrons. The Morgan fingerprint density at radius 3 is 2.58 bits per heavy atom. The minimum Gasteiger partial charge on any atom is -0.302 e. The zero-order chi connectivity index (χ0) is 14.1. The third-order valence-electron chi connectivity index (χ3n) is 2.97. The number of carbonyl (C=O) groups excluding carboxylic acids is 1. The molecule has 5 heteroatoms. The van der Waals surface area contributed by atoms with Crippen LogP contribution in [0.3, 0.4) is 0 Å². The molecule has 0 heterocycles. The minimum atomic E-state index is -0.0884. The fourth-order valence-corrected chi connectivity index (χ4v) is 2.02. The van der Waals surface area contributed by atoms with Gasteiger partial charge in [-0.15, -0.1) is 0 Å². The number of hydrogen-bond donors (Lipinski definition) is 2. The highest BCUT2D eigenvalue weighted by atomic mass is 35.5. The van der Waals surface area contributed by atoms with Crippen molar-refractivity contribution in [2.24, 2.45) is 5.84 Å². The highest BCUT2D eigenvalue weighted by Crippen LogP contribution is 2.11. The van der Waals surface area contributed by atoms with Crippen LogP contribution in [0, 0.1) is 0 Å². The maximum Gasteiger partial charge on any atom is 0.233 e. The largest absolute Gasteiger partial charge is 0.302 e. The predicted octanol–water partition coefficient (Wildman–Crippen LogP) is 2.32. The quantitative estimate of drug-likeness (QED) is 0.333. The third kappa shape index (κ3) is 7.15. The molecule has 106 valence electrons. The van der Waals surface area contributed by atoms with Crippen LogP contribution in [0.2, 0.25) is 5.02 Å². The molecule has 1 rings (SSSR count). The molecule has 1 aromatic carbocycles. The van der Waals surface area contributed by atoms with Crippen LogP contribution < -0.4 is 11.3 Å². The van der Waals surface area contributed by atoms with Gasteiger partial charge in [0.2, 0.25) is 5.91 Å². The Bertz CT molecular complexity index is 381. The van der Waals surface area contributed by atoms with Crippen LogP contribution >= 0.6 is 11.6 Å². The number of amides is 1. The molecule has 0 spiro atoms. The summed E-state index contributed by atoms with van der Waals surface area (Å²) in [4.78, 5) is 13.2. The van der Waals surface area contributed by atoms with Crippen molar-refractivity contribution >= 4 is 17.5 Å². The molecule has 0 aliphatic heterocycles. The number of nitrogens with one attached hydrogen (secondary N) is 1. The van der Waals surface area contributed by atoms with Crippen LogP contribution in [0.1, 0.15) is 31.2 Å². The zero-order valence-corrected chi connectivity index (χ0v) is 12.1. The predicted molar refractivity (Wildman–Crippen MR) is 78.6 cm³/mol. The van der Waals surface area contributed by atoms with Gasteiger partial charge in [0, 0.05) is 18.0 Å². The Hall–Kier alpha value is -1.10. The Morgan fingerprint density at radius 1 is 1.26 bits per heavy atom. The van der Waals surface area contributed by atoms with E-state index >= 15 is 0 Å². The molecule has 4 nitrogen and oxygen atoms in total. The first-order chi connectivity index (χ1) is 9.11. The number of carbonyl (C=O) groups is 1. The molecule has 3 N–H and O–H groups in total. The van der Waals surface area contributed by atoms with Crippen LogP contribution in [0.5, 0.6) is 0 Å². The molecule has 0 bridgehead atoms. The summed E-state index contributed by atoms with van der Waals surface area (Å²) in [5.41, 5.74) is 3.40. The molecule has 0 aromatic heterocycles. The Balaban J connectivity index is 2.12. The summed E-state index contributed by atoms with van der Waals surface area (Å²) in [7, 11) is 2.10. The first kappa shape index (κ1) is 16.0. The smallest absolute Gasteiger partial charge is 0.233 e. The van der Waals surface area contributed by atoms with E-state index in [-0.39, 0.29) is 5.91 Å². The van der Waals surface area contributed by atoms with Gasteiger partial charge in [0.25, 0.3) is 0 Å². The van der Waals surface area contributed by atoms with E-state index in [1.807, 2.05) is 24.3 Å². The summed E-state index contributed by atoms with van der Waals surface area (Å²) >= 11 is 5.85. The van der Waals surface area contributed by atoms with E-state index in [1.54, 1.807) is 0 Å². The van der Waals surface area contributed by atoms with E-state index in [2.05, 4.69) is 17.4 Å². The molecular weight excluding hydrogens is 262 g/mol. The van der Waals surface area contributed by atoms with Gasteiger partial charge in [-0.25, -0.2) is 5.84 Å². The lowest BCUT2D eigenvalue weighted by atomic mass is 10.1. The molecule has 0 saturated carbocycles. The maximum absolute atomic E-state index is 10.9. The lowest BCUT2D eigenvalue weighted by molar-refractivity contribution is -0.121. The van der Waals surface area contributed by atoms with Gasteiger partial charge in [0.1, 0.15) is 0 Å². The number of hydrazine groups is 1. The number of nitrogens with zero attached hydrogens (tertiary/aromatic N) is 1. The summed E-state index contributed by atoms with van der Waals surface area (Å²) in [6.45, 7) is 1.94. The maximum atomic E-state index is 10.9. The number of rotatable bonds is 8. The molecule has 0 fully saturated rings. The average Bonchev–Trinajstić information content (AvgIpc) is 2.40. The average molecular weight is 284 g/mol. The van der Waals surface area contributed by atoms with Gasteiger partial charge in [0.15, 0.2) is 0 Å². The van der Waals surface area contributed by atoms with Crippen molar-refractivity contribution < 1.29 is 4.79 Å². The van der Waals surface area contributed by atoms with Crippen LogP contribution in [-0.2, 0) is 11.3 Å². The SMILES string of the molecule is CN(CCCCCC(=O)NN)Cc1ccc(Cl)cc1. The van der Waals surface area contributed by atoms with Crippen LogP contribution in [0.15, 0.2) is 24.3 Å². The highest BCUT2D eigenvalue weighted by Gasteiger charge is 2.02.